The van der Waals surface area contributed by atoms with Crippen molar-refractivity contribution in [1.82, 2.24) is 10.1 Å². The summed E-state index contributed by atoms with van der Waals surface area (Å²) in [6, 6.07) is 0. The molecule has 3 rings (SSSR count). The molecule has 1 saturated carbocycles. The van der Waals surface area contributed by atoms with Crippen molar-refractivity contribution in [2.24, 2.45) is 5.73 Å². The Bertz CT molecular complexity index is 380. The molecule has 1 atom stereocenters. The van der Waals surface area contributed by atoms with Crippen molar-refractivity contribution in [3.8, 4) is 0 Å². The summed E-state index contributed by atoms with van der Waals surface area (Å²) in [5, 5.41) is 4.56. The Morgan fingerprint density at radius 3 is 2.88 bits per heavy atom. The molecule has 94 valence electrons. The van der Waals surface area contributed by atoms with Crippen LogP contribution >= 0.6 is 23.5 Å². The summed E-state index contributed by atoms with van der Waals surface area (Å²) in [6.07, 6.45) is 3.42. The average molecular weight is 271 g/mol. The molecule has 1 aliphatic heterocycles. The minimum atomic E-state index is -0.00226. The molecule has 1 unspecified atom stereocenters. The summed E-state index contributed by atoms with van der Waals surface area (Å²) in [7, 11) is 0. The van der Waals surface area contributed by atoms with Gasteiger partial charge in [-0.05, 0) is 12.8 Å². The second-order valence-corrected chi connectivity index (χ2v) is 7.19. The highest BCUT2D eigenvalue weighted by Crippen LogP contribution is 2.43. The van der Waals surface area contributed by atoms with Crippen LogP contribution in [-0.4, -0.2) is 33.9 Å². The van der Waals surface area contributed by atoms with Gasteiger partial charge in [-0.2, -0.15) is 16.7 Å². The first-order valence-corrected chi connectivity index (χ1v) is 8.28. The van der Waals surface area contributed by atoms with Crippen molar-refractivity contribution >= 4 is 23.5 Å². The van der Waals surface area contributed by atoms with Gasteiger partial charge < -0.3 is 10.3 Å². The van der Waals surface area contributed by atoms with E-state index in [0.717, 1.165) is 30.3 Å². The van der Waals surface area contributed by atoms with Crippen LogP contribution in [0.5, 0.6) is 0 Å². The molecule has 4 nitrogen and oxygen atoms in total. The molecule has 2 N–H and O–H groups in total. The maximum Gasteiger partial charge on any atom is 0.234 e. The van der Waals surface area contributed by atoms with Gasteiger partial charge in [0.2, 0.25) is 5.89 Å². The zero-order valence-corrected chi connectivity index (χ0v) is 11.4. The van der Waals surface area contributed by atoms with E-state index in [1.54, 1.807) is 0 Å². The summed E-state index contributed by atoms with van der Waals surface area (Å²) < 4.78 is 5.45. The molecule has 1 saturated heterocycles. The zero-order valence-electron chi connectivity index (χ0n) is 9.72. The maximum absolute atomic E-state index is 5.85. The summed E-state index contributed by atoms with van der Waals surface area (Å²) in [5.41, 5.74) is 5.85. The van der Waals surface area contributed by atoms with Crippen molar-refractivity contribution in [1.29, 1.82) is 0 Å². The Hall–Kier alpha value is -0.200. The highest BCUT2D eigenvalue weighted by atomic mass is 32.2. The largest absolute Gasteiger partial charge is 0.339 e. The van der Waals surface area contributed by atoms with Crippen LogP contribution in [0.15, 0.2) is 4.52 Å². The molecule has 0 spiro atoms. The van der Waals surface area contributed by atoms with Gasteiger partial charge in [-0.25, -0.2) is 0 Å². The topological polar surface area (TPSA) is 64.9 Å². The minimum absolute atomic E-state index is 0.00226. The molecule has 2 fully saturated rings. The van der Waals surface area contributed by atoms with Gasteiger partial charge in [0.15, 0.2) is 5.82 Å². The fourth-order valence-electron chi connectivity index (χ4n) is 2.33. The number of nitrogens with zero attached hydrogens (tertiary/aromatic N) is 2. The third-order valence-corrected chi connectivity index (χ3v) is 6.45. The molecular weight excluding hydrogens is 254 g/mol. The summed E-state index contributed by atoms with van der Waals surface area (Å²) in [5.74, 6) is 5.16. The van der Waals surface area contributed by atoms with E-state index in [1.165, 1.54) is 17.9 Å². The van der Waals surface area contributed by atoms with Crippen LogP contribution in [0.3, 0.4) is 0 Å². The lowest BCUT2D eigenvalue weighted by atomic mass is 9.69. The molecule has 1 aliphatic carbocycles. The van der Waals surface area contributed by atoms with Gasteiger partial charge in [0.25, 0.3) is 0 Å². The lowest BCUT2D eigenvalue weighted by molar-refractivity contribution is 0.181. The molecule has 2 aliphatic rings. The lowest BCUT2D eigenvalue weighted by Crippen LogP contribution is -2.41. The van der Waals surface area contributed by atoms with E-state index >= 15 is 0 Å². The van der Waals surface area contributed by atoms with Gasteiger partial charge in [-0.15, -0.1) is 11.8 Å². The fourth-order valence-corrected chi connectivity index (χ4v) is 4.92. The van der Waals surface area contributed by atoms with E-state index in [4.69, 9.17) is 10.3 Å². The summed E-state index contributed by atoms with van der Waals surface area (Å²) in [4.78, 5) is 4.61. The number of nitrogens with two attached hydrogens (primary N) is 1. The predicted molar refractivity (Wildman–Crippen MR) is 71.4 cm³/mol. The van der Waals surface area contributed by atoms with Gasteiger partial charge in [0.05, 0.1) is 10.7 Å². The SMILES string of the molecule is NCC1(c2nc(C3CSCCS3)no2)CCC1. The molecule has 0 amide bonds. The average Bonchev–Trinajstić information content (AvgIpc) is 2.80. The van der Waals surface area contributed by atoms with Crippen molar-refractivity contribution in [3.63, 3.8) is 0 Å². The van der Waals surface area contributed by atoms with Crippen molar-refractivity contribution < 1.29 is 4.52 Å². The second-order valence-electron chi connectivity index (χ2n) is 4.73. The number of aromatic nitrogens is 2. The third-order valence-electron chi connectivity index (χ3n) is 3.70. The number of hydrogen-bond donors (Lipinski definition) is 1. The Labute approximate surface area is 109 Å². The molecule has 1 aromatic heterocycles. The number of thioether (sulfide) groups is 2. The Morgan fingerprint density at radius 2 is 2.29 bits per heavy atom. The summed E-state index contributed by atoms with van der Waals surface area (Å²) >= 11 is 3.91. The predicted octanol–water partition coefficient (Wildman–Crippen LogP) is 1.97. The van der Waals surface area contributed by atoms with Crippen molar-refractivity contribution in [2.45, 2.75) is 29.9 Å². The third kappa shape index (κ3) is 2.11. The first-order chi connectivity index (χ1) is 8.34. The van der Waals surface area contributed by atoms with E-state index in [1.807, 2.05) is 23.5 Å². The molecule has 2 heterocycles. The van der Waals surface area contributed by atoms with Crippen LogP contribution in [0.25, 0.3) is 0 Å². The van der Waals surface area contributed by atoms with Crippen LogP contribution in [0.1, 0.15) is 36.2 Å². The molecule has 17 heavy (non-hydrogen) atoms. The smallest absolute Gasteiger partial charge is 0.234 e. The van der Waals surface area contributed by atoms with Crippen LogP contribution in [0, 0.1) is 0 Å². The first kappa shape index (κ1) is 11.9. The molecule has 0 aromatic carbocycles. The Morgan fingerprint density at radius 1 is 1.41 bits per heavy atom. The molecule has 6 heteroatoms. The van der Waals surface area contributed by atoms with E-state index in [9.17, 15) is 0 Å². The summed E-state index contributed by atoms with van der Waals surface area (Å²) in [6.45, 7) is 0.626. The Balaban J connectivity index is 1.77. The highest BCUT2D eigenvalue weighted by Gasteiger charge is 2.43. The van der Waals surface area contributed by atoms with Crippen LogP contribution in [-0.2, 0) is 5.41 Å². The molecular formula is C11H17N3OS2. The number of rotatable bonds is 3. The monoisotopic (exact) mass is 271 g/mol. The van der Waals surface area contributed by atoms with Gasteiger partial charge in [0, 0.05) is 23.8 Å². The van der Waals surface area contributed by atoms with Crippen LogP contribution in [0.2, 0.25) is 0 Å². The van der Waals surface area contributed by atoms with Crippen molar-refractivity contribution in [2.75, 3.05) is 23.8 Å². The first-order valence-electron chi connectivity index (χ1n) is 6.08. The quantitative estimate of drug-likeness (QED) is 0.906. The number of hydrogen-bond acceptors (Lipinski definition) is 6. The normalized spacial score (nSPS) is 27.7. The fraction of sp³-hybridized carbons (Fsp3) is 0.818. The zero-order chi connectivity index (χ0) is 11.7. The molecule has 0 radical (unpaired) electrons. The van der Waals surface area contributed by atoms with E-state index in [0.29, 0.717) is 11.8 Å². The molecule has 0 bridgehead atoms. The van der Waals surface area contributed by atoms with Crippen molar-refractivity contribution in [3.05, 3.63) is 11.7 Å². The maximum atomic E-state index is 5.85. The van der Waals surface area contributed by atoms with E-state index in [-0.39, 0.29) is 5.41 Å². The second kappa shape index (κ2) is 4.82. The van der Waals surface area contributed by atoms with Crippen LogP contribution in [0.4, 0.5) is 0 Å². The Kier molecular flexibility index (Phi) is 3.36. The van der Waals surface area contributed by atoms with Gasteiger partial charge in [-0.1, -0.05) is 11.6 Å². The highest BCUT2D eigenvalue weighted by molar-refractivity contribution is 8.06. The van der Waals surface area contributed by atoms with E-state index in [2.05, 4.69) is 10.1 Å². The van der Waals surface area contributed by atoms with Gasteiger partial charge in [-0.3, -0.25) is 0 Å². The van der Waals surface area contributed by atoms with E-state index < -0.39 is 0 Å². The standard InChI is InChI=1S/C11H17N3OS2/c12-7-11(2-1-3-11)10-13-9(14-15-10)8-6-16-4-5-17-8/h8H,1-7,12H2. The lowest BCUT2D eigenvalue weighted by Gasteiger charge is -2.36. The van der Waals surface area contributed by atoms with Gasteiger partial charge in [0.1, 0.15) is 0 Å². The van der Waals surface area contributed by atoms with Gasteiger partial charge >= 0.3 is 0 Å². The molecule has 1 aromatic rings. The van der Waals surface area contributed by atoms with Crippen LogP contribution < -0.4 is 5.73 Å². The minimum Gasteiger partial charge on any atom is -0.339 e.